The summed E-state index contributed by atoms with van der Waals surface area (Å²) in [5.41, 5.74) is 1.41. The van der Waals surface area contributed by atoms with E-state index in [2.05, 4.69) is 20.4 Å². The molecule has 1 saturated carbocycles. The van der Waals surface area contributed by atoms with E-state index in [0.29, 0.717) is 43.7 Å². The van der Waals surface area contributed by atoms with Gasteiger partial charge in [-0.05, 0) is 43.0 Å². The zero-order valence-corrected chi connectivity index (χ0v) is 20.9. The molecular weight excluding hydrogens is 484 g/mol. The number of hydrogen-bond acceptors (Lipinski definition) is 7. The van der Waals surface area contributed by atoms with Crippen LogP contribution in [0.3, 0.4) is 0 Å². The molecule has 190 valence electrons. The number of amides is 1. The van der Waals surface area contributed by atoms with Crippen LogP contribution >= 0.6 is 0 Å². The van der Waals surface area contributed by atoms with Gasteiger partial charge < -0.3 is 10.1 Å². The summed E-state index contributed by atoms with van der Waals surface area (Å²) in [6.45, 7) is 5.19. The summed E-state index contributed by atoms with van der Waals surface area (Å²) in [5.74, 6) is 0.508. The Bertz CT molecular complexity index is 1430. The van der Waals surface area contributed by atoms with Crippen LogP contribution in [0.15, 0.2) is 46.1 Å². The van der Waals surface area contributed by atoms with Gasteiger partial charge in [0.1, 0.15) is 5.82 Å². The Hall–Kier alpha value is -3.35. The van der Waals surface area contributed by atoms with Gasteiger partial charge in [0.05, 0.1) is 29.5 Å². The van der Waals surface area contributed by atoms with Crippen molar-refractivity contribution in [3.05, 3.63) is 63.7 Å². The number of sulfonamides is 1. The minimum atomic E-state index is -3.66. The third-order valence-corrected chi connectivity index (χ3v) is 8.14. The Morgan fingerprint density at radius 2 is 1.83 bits per heavy atom. The van der Waals surface area contributed by atoms with Crippen LogP contribution in [0.1, 0.15) is 60.3 Å². The first-order valence-corrected chi connectivity index (χ1v) is 13.4. The highest BCUT2D eigenvalue weighted by Crippen LogP contribution is 2.40. The van der Waals surface area contributed by atoms with E-state index in [1.54, 1.807) is 6.07 Å². The molecule has 2 aromatic heterocycles. The van der Waals surface area contributed by atoms with Gasteiger partial charge in [-0.2, -0.15) is 14.1 Å². The van der Waals surface area contributed by atoms with Crippen molar-refractivity contribution in [1.82, 2.24) is 24.1 Å². The topological polar surface area (TPSA) is 139 Å². The lowest BCUT2D eigenvalue weighted by molar-refractivity contribution is 0.0730. The number of morpholine rings is 1. The van der Waals surface area contributed by atoms with Crippen LogP contribution < -0.4 is 10.9 Å². The maximum absolute atomic E-state index is 13.1. The number of nitrogens with one attached hydrogen (secondary N) is 2. The second kappa shape index (κ2) is 9.60. The molecule has 1 saturated heterocycles. The molecule has 1 amide bonds. The number of H-pyrrole nitrogens is 1. The van der Waals surface area contributed by atoms with Gasteiger partial charge in [-0.3, -0.25) is 14.6 Å². The fraction of sp³-hybridized carbons (Fsp3) is 0.417. The maximum Gasteiger partial charge on any atom is 0.256 e. The van der Waals surface area contributed by atoms with Crippen molar-refractivity contribution in [3.8, 4) is 5.95 Å². The first kappa shape index (κ1) is 24.3. The third kappa shape index (κ3) is 4.97. The number of rotatable bonds is 7. The van der Waals surface area contributed by atoms with Gasteiger partial charge in [-0.1, -0.05) is 13.8 Å². The Labute approximate surface area is 208 Å². The molecule has 2 aliphatic rings. The lowest BCUT2D eigenvalue weighted by atomic mass is 10.1. The summed E-state index contributed by atoms with van der Waals surface area (Å²) in [6.07, 6.45) is 2.03. The SMILES string of the molecule is CC(C)c1cc(=O)[nH]c(-n2nc(C3CC3)cc2NC(=O)c2ccc(S(=O)(=O)N3CCOCC3)cc2)n1. The van der Waals surface area contributed by atoms with Crippen molar-refractivity contribution >= 4 is 21.7 Å². The number of carbonyl (C=O) groups is 1. The van der Waals surface area contributed by atoms with E-state index in [4.69, 9.17) is 4.74 Å². The number of nitrogens with zero attached hydrogens (tertiary/aromatic N) is 4. The second-order valence-electron chi connectivity index (χ2n) is 9.28. The number of carbonyl (C=O) groups excluding carboxylic acids is 1. The van der Waals surface area contributed by atoms with Crippen molar-refractivity contribution < 1.29 is 17.9 Å². The van der Waals surface area contributed by atoms with E-state index in [0.717, 1.165) is 18.5 Å². The number of ether oxygens (including phenoxy) is 1. The largest absolute Gasteiger partial charge is 0.379 e. The first-order chi connectivity index (χ1) is 17.2. The maximum atomic E-state index is 13.1. The van der Waals surface area contributed by atoms with Crippen molar-refractivity contribution in [2.24, 2.45) is 0 Å². The molecule has 2 fully saturated rings. The molecular formula is C24H28N6O5S. The lowest BCUT2D eigenvalue weighted by Crippen LogP contribution is -2.40. The van der Waals surface area contributed by atoms with E-state index in [-0.39, 0.29) is 27.9 Å². The molecule has 0 atom stereocenters. The number of anilines is 1. The Kier molecular flexibility index (Phi) is 6.49. The summed E-state index contributed by atoms with van der Waals surface area (Å²) in [4.78, 5) is 32.7. The summed E-state index contributed by atoms with van der Waals surface area (Å²) < 4.78 is 33.8. The molecule has 0 spiro atoms. The number of hydrogen-bond donors (Lipinski definition) is 2. The summed E-state index contributed by atoms with van der Waals surface area (Å²) >= 11 is 0. The van der Waals surface area contributed by atoms with Crippen LogP contribution in [-0.4, -0.2) is 64.7 Å². The molecule has 11 nitrogen and oxygen atoms in total. The Balaban J connectivity index is 1.41. The van der Waals surface area contributed by atoms with Crippen LogP contribution in [0, 0.1) is 0 Å². The molecule has 36 heavy (non-hydrogen) atoms. The smallest absolute Gasteiger partial charge is 0.256 e. The summed E-state index contributed by atoms with van der Waals surface area (Å²) in [6, 6.07) is 9.05. The Morgan fingerprint density at radius 1 is 1.14 bits per heavy atom. The minimum absolute atomic E-state index is 0.0369. The van der Waals surface area contributed by atoms with Gasteiger partial charge >= 0.3 is 0 Å². The van der Waals surface area contributed by atoms with Crippen molar-refractivity contribution in [1.29, 1.82) is 0 Å². The van der Waals surface area contributed by atoms with Crippen LogP contribution in [0.25, 0.3) is 5.95 Å². The fourth-order valence-corrected chi connectivity index (χ4v) is 5.40. The highest BCUT2D eigenvalue weighted by atomic mass is 32.2. The first-order valence-electron chi connectivity index (χ1n) is 11.9. The molecule has 12 heteroatoms. The standard InChI is InChI=1S/C24H28N6O5S/c1-15(2)19-14-22(31)27-24(25-19)30-21(13-20(28-30)16-3-4-16)26-23(32)17-5-7-18(8-6-17)36(33,34)29-9-11-35-12-10-29/h5-8,13-16H,3-4,9-12H2,1-2H3,(H,26,32)(H,25,27,31). The van der Waals surface area contributed by atoms with E-state index in [9.17, 15) is 18.0 Å². The van der Waals surface area contributed by atoms with Crippen LogP contribution in [0.4, 0.5) is 5.82 Å². The average Bonchev–Trinajstić information content (AvgIpc) is 3.64. The lowest BCUT2D eigenvalue weighted by Gasteiger charge is -2.26. The van der Waals surface area contributed by atoms with Gasteiger partial charge in [-0.15, -0.1) is 0 Å². The monoisotopic (exact) mass is 512 g/mol. The molecule has 1 aromatic carbocycles. The number of aromatic amines is 1. The van der Waals surface area contributed by atoms with Gasteiger partial charge in [0.2, 0.25) is 16.0 Å². The zero-order valence-electron chi connectivity index (χ0n) is 20.1. The van der Waals surface area contributed by atoms with E-state index >= 15 is 0 Å². The van der Waals surface area contributed by atoms with Crippen molar-refractivity contribution in [2.75, 3.05) is 31.6 Å². The van der Waals surface area contributed by atoms with E-state index in [1.165, 1.54) is 39.3 Å². The highest BCUT2D eigenvalue weighted by Gasteiger charge is 2.29. The van der Waals surface area contributed by atoms with E-state index < -0.39 is 15.9 Å². The number of aromatic nitrogens is 4. The van der Waals surface area contributed by atoms with Crippen LogP contribution in [0.2, 0.25) is 0 Å². The fourth-order valence-electron chi connectivity index (χ4n) is 3.99. The molecule has 0 radical (unpaired) electrons. The Morgan fingerprint density at radius 3 is 2.47 bits per heavy atom. The predicted molar refractivity (Wildman–Crippen MR) is 132 cm³/mol. The molecule has 3 heterocycles. The van der Waals surface area contributed by atoms with Gasteiger partial charge in [-0.25, -0.2) is 13.4 Å². The molecule has 2 N–H and O–H groups in total. The normalized spacial score (nSPS) is 16.9. The second-order valence-corrected chi connectivity index (χ2v) is 11.2. The highest BCUT2D eigenvalue weighted by molar-refractivity contribution is 7.89. The van der Waals surface area contributed by atoms with Gasteiger partial charge in [0, 0.05) is 36.7 Å². The molecule has 1 aliphatic carbocycles. The summed E-state index contributed by atoms with van der Waals surface area (Å²) in [7, 11) is -3.66. The minimum Gasteiger partial charge on any atom is -0.379 e. The van der Waals surface area contributed by atoms with Crippen molar-refractivity contribution in [2.45, 2.75) is 43.4 Å². The zero-order chi connectivity index (χ0) is 25.4. The quantitative estimate of drug-likeness (QED) is 0.495. The van der Waals surface area contributed by atoms with Gasteiger partial charge in [0.25, 0.3) is 11.5 Å². The molecule has 0 unspecified atom stereocenters. The number of benzene rings is 1. The van der Waals surface area contributed by atoms with Crippen molar-refractivity contribution in [3.63, 3.8) is 0 Å². The third-order valence-electron chi connectivity index (χ3n) is 6.23. The predicted octanol–water partition coefficient (Wildman–Crippen LogP) is 2.23. The van der Waals surface area contributed by atoms with Crippen LogP contribution in [-0.2, 0) is 14.8 Å². The summed E-state index contributed by atoms with van der Waals surface area (Å²) in [5, 5.41) is 7.44. The molecule has 3 aromatic rings. The molecule has 1 aliphatic heterocycles. The van der Waals surface area contributed by atoms with E-state index in [1.807, 2.05) is 13.8 Å². The molecule has 5 rings (SSSR count). The average molecular weight is 513 g/mol. The molecule has 0 bridgehead atoms. The van der Waals surface area contributed by atoms with Gasteiger partial charge in [0.15, 0.2) is 0 Å². The van der Waals surface area contributed by atoms with Crippen LogP contribution in [0.5, 0.6) is 0 Å².